The van der Waals surface area contributed by atoms with Crippen molar-refractivity contribution in [3.8, 4) is 11.8 Å². The van der Waals surface area contributed by atoms with Crippen molar-refractivity contribution < 1.29 is 9.13 Å². The first-order valence-corrected chi connectivity index (χ1v) is 11.3. The molecule has 3 aromatic rings. The fourth-order valence-electron chi connectivity index (χ4n) is 4.76. The normalized spacial score (nSPS) is 16.2. The van der Waals surface area contributed by atoms with Crippen molar-refractivity contribution in [3.05, 3.63) is 59.0 Å². The molecule has 0 bridgehead atoms. The lowest BCUT2D eigenvalue weighted by molar-refractivity contribution is 0.0807. The lowest BCUT2D eigenvalue weighted by Gasteiger charge is -2.32. The predicted molar refractivity (Wildman–Crippen MR) is 127 cm³/mol. The summed E-state index contributed by atoms with van der Waals surface area (Å²) in [6.07, 6.45) is 3.70. The monoisotopic (exact) mass is 443 g/mol. The number of hydrogen-bond donors (Lipinski definition) is 2. The molecule has 0 saturated carbocycles. The molecule has 0 aliphatic carbocycles. The second-order valence-electron chi connectivity index (χ2n) is 8.53. The molecule has 0 amide bonds. The number of nitrogens with one attached hydrogen (secondary N) is 2. The van der Waals surface area contributed by atoms with Crippen molar-refractivity contribution in [1.29, 1.82) is 10.8 Å². The molecule has 2 aliphatic heterocycles. The van der Waals surface area contributed by atoms with Gasteiger partial charge < -0.3 is 9.64 Å². The van der Waals surface area contributed by atoms with Crippen LogP contribution >= 0.6 is 0 Å². The largest absolute Gasteiger partial charge is 0.381 e. The molecule has 2 N–H and O–H groups in total. The second kappa shape index (κ2) is 8.80. The maximum absolute atomic E-state index is 15.1. The zero-order valence-corrected chi connectivity index (χ0v) is 18.6. The molecule has 0 radical (unpaired) electrons. The fraction of sp³-hybridized carbons (Fsp3) is 0.346. The van der Waals surface area contributed by atoms with Crippen LogP contribution in [0.25, 0.3) is 10.9 Å². The third kappa shape index (κ3) is 3.91. The molecule has 7 heteroatoms. The van der Waals surface area contributed by atoms with Crippen LogP contribution in [-0.4, -0.2) is 35.1 Å². The first kappa shape index (κ1) is 21.4. The lowest BCUT2D eigenvalue weighted by Crippen LogP contribution is -2.33. The van der Waals surface area contributed by atoms with Crippen molar-refractivity contribution in [1.82, 2.24) is 9.55 Å². The zero-order valence-electron chi connectivity index (χ0n) is 18.6. The van der Waals surface area contributed by atoms with E-state index in [4.69, 9.17) is 15.6 Å². The summed E-state index contributed by atoms with van der Waals surface area (Å²) in [5.41, 5.74) is 3.49. The predicted octanol–water partition coefficient (Wildman–Crippen LogP) is 4.36. The van der Waals surface area contributed by atoms with Crippen molar-refractivity contribution in [3.63, 3.8) is 0 Å². The Labute approximate surface area is 192 Å². The maximum atomic E-state index is 15.1. The highest BCUT2D eigenvalue weighted by atomic mass is 19.1. The minimum Gasteiger partial charge on any atom is -0.381 e. The molecule has 6 nitrogen and oxygen atoms in total. The van der Waals surface area contributed by atoms with Crippen LogP contribution in [-0.2, 0) is 11.2 Å². The van der Waals surface area contributed by atoms with Gasteiger partial charge in [0.25, 0.3) is 0 Å². The van der Waals surface area contributed by atoms with E-state index in [1.54, 1.807) is 19.1 Å². The number of aromatic nitrogens is 2. The van der Waals surface area contributed by atoms with Crippen molar-refractivity contribution in [2.45, 2.75) is 32.6 Å². The molecule has 2 aromatic carbocycles. The fourth-order valence-corrected chi connectivity index (χ4v) is 4.76. The number of anilines is 2. The maximum Gasteiger partial charge on any atom is 0.230 e. The second-order valence-corrected chi connectivity index (χ2v) is 8.53. The van der Waals surface area contributed by atoms with Crippen LogP contribution in [0.15, 0.2) is 36.4 Å². The first-order valence-electron chi connectivity index (χ1n) is 11.3. The van der Waals surface area contributed by atoms with Gasteiger partial charge in [-0.3, -0.25) is 15.4 Å². The van der Waals surface area contributed by atoms with Gasteiger partial charge in [0, 0.05) is 36.9 Å². The summed E-state index contributed by atoms with van der Waals surface area (Å²) in [6, 6.07) is 10.8. The highest BCUT2D eigenvalue weighted by molar-refractivity contribution is 5.98. The number of halogens is 1. The minimum atomic E-state index is -0.410. The van der Waals surface area contributed by atoms with E-state index in [0.717, 1.165) is 55.7 Å². The van der Waals surface area contributed by atoms with Gasteiger partial charge in [-0.1, -0.05) is 24.0 Å². The third-order valence-electron chi connectivity index (χ3n) is 6.35. The quantitative estimate of drug-likeness (QED) is 0.333. The van der Waals surface area contributed by atoms with E-state index in [1.807, 2.05) is 23.1 Å². The Kier molecular flexibility index (Phi) is 5.69. The topological polar surface area (TPSA) is 78.0 Å². The van der Waals surface area contributed by atoms with Crippen molar-refractivity contribution in [2.24, 2.45) is 5.92 Å². The van der Waals surface area contributed by atoms with Crippen LogP contribution in [0.5, 0.6) is 0 Å². The van der Waals surface area contributed by atoms with Crippen LogP contribution in [0, 0.1) is 34.4 Å². The van der Waals surface area contributed by atoms with Gasteiger partial charge in [-0.2, -0.15) is 4.98 Å². The van der Waals surface area contributed by atoms with Gasteiger partial charge in [-0.15, -0.1) is 0 Å². The van der Waals surface area contributed by atoms with Gasteiger partial charge in [0.1, 0.15) is 17.5 Å². The van der Waals surface area contributed by atoms with Gasteiger partial charge in [-0.05, 0) is 62.4 Å². The molecule has 1 saturated heterocycles. The molecule has 5 rings (SSSR count). The van der Waals surface area contributed by atoms with Crippen LogP contribution in [0.3, 0.4) is 0 Å². The summed E-state index contributed by atoms with van der Waals surface area (Å²) in [4.78, 5) is 6.49. The van der Waals surface area contributed by atoms with E-state index in [-0.39, 0.29) is 11.5 Å². The van der Waals surface area contributed by atoms with Gasteiger partial charge in [0.15, 0.2) is 0 Å². The summed E-state index contributed by atoms with van der Waals surface area (Å²) in [6.45, 7) is 3.78. The summed E-state index contributed by atoms with van der Waals surface area (Å²) in [5, 5.41) is 16.8. The van der Waals surface area contributed by atoms with Crippen molar-refractivity contribution >= 4 is 28.2 Å². The average molecular weight is 444 g/mol. The van der Waals surface area contributed by atoms with E-state index >= 15 is 4.39 Å². The molecule has 33 heavy (non-hydrogen) atoms. The van der Waals surface area contributed by atoms with Gasteiger partial charge in [0.2, 0.25) is 5.62 Å². The summed E-state index contributed by atoms with van der Waals surface area (Å²) in [7, 11) is 0. The Balaban J connectivity index is 1.64. The Bertz CT molecular complexity index is 1360. The summed E-state index contributed by atoms with van der Waals surface area (Å²) >= 11 is 0. The SMILES string of the molecule is CC(=N)n1c(=N)nc(N2CCCc3c(C#CC4CCOCC4)cccc32)c2c(F)cccc21. The molecule has 168 valence electrons. The Morgan fingerprint density at radius 1 is 1.18 bits per heavy atom. The molecule has 3 heterocycles. The molecule has 0 spiro atoms. The smallest absolute Gasteiger partial charge is 0.230 e. The molecule has 0 atom stereocenters. The van der Waals surface area contributed by atoms with E-state index in [0.29, 0.717) is 29.2 Å². The Morgan fingerprint density at radius 2 is 1.97 bits per heavy atom. The number of rotatable bonds is 1. The van der Waals surface area contributed by atoms with E-state index < -0.39 is 5.82 Å². The van der Waals surface area contributed by atoms with Crippen molar-refractivity contribution in [2.75, 3.05) is 24.7 Å². The highest BCUT2D eigenvalue weighted by Crippen LogP contribution is 2.37. The number of fused-ring (bicyclic) bond motifs is 2. The lowest BCUT2D eigenvalue weighted by atomic mass is 9.94. The van der Waals surface area contributed by atoms with Crippen LogP contribution in [0.4, 0.5) is 15.9 Å². The molecular formula is C26H26FN5O. The molecule has 0 unspecified atom stereocenters. The molecular weight excluding hydrogens is 417 g/mol. The molecule has 1 aromatic heterocycles. The number of benzene rings is 2. The first-order chi connectivity index (χ1) is 16.0. The zero-order chi connectivity index (χ0) is 22.9. The van der Waals surface area contributed by atoms with Crippen LogP contribution in [0.2, 0.25) is 0 Å². The van der Waals surface area contributed by atoms with E-state index in [1.165, 1.54) is 10.6 Å². The molecule has 1 fully saturated rings. The minimum absolute atomic E-state index is 0.0850. The third-order valence-corrected chi connectivity index (χ3v) is 6.35. The standard InChI is InChI=1S/C26H26FN5O/c1-17(28)32-23-9-3-7-21(27)24(23)25(30-26(32)29)31-14-4-6-20-19(5-2-8-22(20)31)11-10-18-12-15-33-16-13-18/h2-3,5,7-9,18,28-29H,4,6,12-16H2,1H3. The number of hydrogen-bond acceptors (Lipinski definition) is 5. The van der Waals surface area contributed by atoms with Gasteiger partial charge >= 0.3 is 0 Å². The Morgan fingerprint density at radius 3 is 2.76 bits per heavy atom. The Hall–Kier alpha value is -3.50. The molecule has 2 aliphatic rings. The van der Waals surface area contributed by atoms with Gasteiger partial charge in [0.05, 0.1) is 10.9 Å². The van der Waals surface area contributed by atoms with E-state index in [9.17, 15) is 0 Å². The summed E-state index contributed by atoms with van der Waals surface area (Å²) < 4.78 is 21.9. The highest BCUT2D eigenvalue weighted by Gasteiger charge is 2.25. The average Bonchev–Trinajstić information content (AvgIpc) is 2.82. The number of nitrogens with zero attached hydrogens (tertiary/aromatic N) is 3. The summed E-state index contributed by atoms with van der Waals surface area (Å²) in [5.74, 6) is 7.32. The van der Waals surface area contributed by atoms with Gasteiger partial charge in [-0.25, -0.2) is 4.39 Å². The van der Waals surface area contributed by atoms with Crippen LogP contribution < -0.4 is 10.5 Å². The van der Waals surface area contributed by atoms with E-state index in [2.05, 4.69) is 16.8 Å². The number of ether oxygens (including phenoxy) is 1. The van der Waals surface area contributed by atoms with Crippen LogP contribution in [0.1, 0.15) is 37.3 Å².